The predicted octanol–water partition coefficient (Wildman–Crippen LogP) is 3.41. The summed E-state index contributed by atoms with van der Waals surface area (Å²) in [5.74, 6) is -1.12. The number of aliphatic carboxylic acids is 1. The SMILES string of the molecule is Cc1cccc2c(CC(=O)N[C@H](CC(=O)O)c3cccs3)c[nH]c12. The Bertz CT molecular complexity index is 868. The zero-order valence-electron chi connectivity index (χ0n) is 13.2. The Morgan fingerprint density at radius 2 is 2.12 bits per heavy atom. The molecule has 3 N–H and O–H groups in total. The fourth-order valence-electron chi connectivity index (χ4n) is 2.82. The van der Waals surface area contributed by atoms with Crippen LogP contribution < -0.4 is 5.32 Å². The smallest absolute Gasteiger partial charge is 0.305 e. The molecule has 1 aromatic carbocycles. The Morgan fingerprint density at radius 3 is 2.83 bits per heavy atom. The van der Waals surface area contributed by atoms with E-state index < -0.39 is 12.0 Å². The van der Waals surface area contributed by atoms with Crippen LogP contribution in [0.15, 0.2) is 41.9 Å². The molecule has 3 rings (SSSR count). The number of hydrogen-bond donors (Lipinski definition) is 3. The summed E-state index contributed by atoms with van der Waals surface area (Å²) in [7, 11) is 0. The minimum absolute atomic E-state index is 0.126. The van der Waals surface area contributed by atoms with E-state index in [4.69, 9.17) is 5.11 Å². The largest absolute Gasteiger partial charge is 0.481 e. The lowest BCUT2D eigenvalue weighted by Gasteiger charge is -2.15. The molecule has 0 aliphatic heterocycles. The molecule has 24 heavy (non-hydrogen) atoms. The van der Waals surface area contributed by atoms with E-state index in [9.17, 15) is 9.59 Å². The van der Waals surface area contributed by atoms with Crippen molar-refractivity contribution < 1.29 is 14.7 Å². The van der Waals surface area contributed by atoms with Crippen molar-refractivity contribution in [3.8, 4) is 0 Å². The maximum atomic E-state index is 12.4. The third-order valence-electron chi connectivity index (χ3n) is 3.96. The quantitative estimate of drug-likeness (QED) is 0.642. The predicted molar refractivity (Wildman–Crippen MR) is 94.2 cm³/mol. The molecule has 0 unspecified atom stereocenters. The molecule has 124 valence electrons. The lowest BCUT2D eigenvalue weighted by Crippen LogP contribution is -2.30. The third kappa shape index (κ3) is 3.49. The first kappa shape index (κ1) is 16.3. The Hall–Kier alpha value is -2.60. The molecule has 0 aliphatic rings. The van der Waals surface area contributed by atoms with Gasteiger partial charge in [-0.1, -0.05) is 24.3 Å². The van der Waals surface area contributed by atoms with Crippen LogP contribution >= 0.6 is 11.3 Å². The highest BCUT2D eigenvalue weighted by molar-refractivity contribution is 7.10. The van der Waals surface area contributed by atoms with Gasteiger partial charge < -0.3 is 15.4 Å². The first-order chi connectivity index (χ1) is 11.5. The van der Waals surface area contributed by atoms with E-state index in [1.165, 1.54) is 11.3 Å². The van der Waals surface area contributed by atoms with Gasteiger partial charge in [-0.2, -0.15) is 0 Å². The van der Waals surface area contributed by atoms with Crippen LogP contribution in [0.4, 0.5) is 0 Å². The van der Waals surface area contributed by atoms with Gasteiger partial charge in [-0.3, -0.25) is 9.59 Å². The van der Waals surface area contributed by atoms with Crippen LogP contribution in [-0.2, 0) is 16.0 Å². The minimum Gasteiger partial charge on any atom is -0.481 e. The number of aromatic nitrogens is 1. The lowest BCUT2D eigenvalue weighted by molar-refractivity contribution is -0.137. The van der Waals surface area contributed by atoms with Gasteiger partial charge in [-0.05, 0) is 29.5 Å². The minimum atomic E-state index is -0.934. The van der Waals surface area contributed by atoms with Gasteiger partial charge in [-0.25, -0.2) is 0 Å². The van der Waals surface area contributed by atoms with Crippen LogP contribution in [-0.4, -0.2) is 22.0 Å². The molecule has 0 saturated carbocycles. The number of H-pyrrole nitrogens is 1. The highest BCUT2D eigenvalue weighted by atomic mass is 32.1. The maximum absolute atomic E-state index is 12.4. The van der Waals surface area contributed by atoms with Crippen LogP contribution in [0.2, 0.25) is 0 Å². The van der Waals surface area contributed by atoms with Crippen molar-refractivity contribution in [2.24, 2.45) is 0 Å². The number of fused-ring (bicyclic) bond motifs is 1. The molecule has 2 heterocycles. The van der Waals surface area contributed by atoms with Gasteiger partial charge in [-0.15, -0.1) is 11.3 Å². The molecular formula is C18H18N2O3S. The number of amides is 1. The number of carbonyl (C=O) groups is 2. The molecule has 1 amide bonds. The number of nitrogens with one attached hydrogen (secondary N) is 2. The van der Waals surface area contributed by atoms with Gasteiger partial charge in [0, 0.05) is 22.0 Å². The summed E-state index contributed by atoms with van der Waals surface area (Å²) >= 11 is 1.44. The zero-order chi connectivity index (χ0) is 17.1. The number of aryl methyl sites for hydroxylation is 1. The van der Waals surface area contributed by atoms with Gasteiger partial charge in [0.25, 0.3) is 0 Å². The summed E-state index contributed by atoms with van der Waals surface area (Å²) in [5.41, 5.74) is 3.06. The topological polar surface area (TPSA) is 82.2 Å². The van der Waals surface area contributed by atoms with E-state index in [2.05, 4.69) is 10.3 Å². The highest BCUT2D eigenvalue weighted by Crippen LogP contribution is 2.24. The van der Waals surface area contributed by atoms with Crippen molar-refractivity contribution in [1.82, 2.24) is 10.3 Å². The summed E-state index contributed by atoms with van der Waals surface area (Å²) in [6, 6.07) is 9.16. The summed E-state index contributed by atoms with van der Waals surface area (Å²) in [6.07, 6.45) is 1.93. The molecule has 0 radical (unpaired) electrons. The lowest BCUT2D eigenvalue weighted by atomic mass is 10.1. The second-order valence-corrected chi connectivity index (χ2v) is 6.70. The van der Waals surface area contributed by atoms with Crippen molar-refractivity contribution in [1.29, 1.82) is 0 Å². The molecule has 3 aromatic rings. The molecular weight excluding hydrogens is 324 g/mol. The molecule has 6 heteroatoms. The van der Waals surface area contributed by atoms with Gasteiger partial charge in [0.2, 0.25) is 5.91 Å². The zero-order valence-corrected chi connectivity index (χ0v) is 14.0. The molecule has 0 saturated heterocycles. The number of carboxylic acid groups (broad SMARTS) is 1. The molecule has 1 atom stereocenters. The second-order valence-electron chi connectivity index (χ2n) is 5.72. The Kier molecular flexibility index (Phi) is 4.66. The first-order valence-electron chi connectivity index (χ1n) is 7.64. The fraction of sp³-hybridized carbons (Fsp3) is 0.222. The van der Waals surface area contributed by atoms with Crippen molar-refractivity contribution in [2.45, 2.75) is 25.8 Å². The second kappa shape index (κ2) is 6.88. The number of para-hydroxylation sites is 1. The van der Waals surface area contributed by atoms with E-state index >= 15 is 0 Å². The number of thiophene rings is 1. The van der Waals surface area contributed by atoms with Crippen LogP contribution in [0.5, 0.6) is 0 Å². The van der Waals surface area contributed by atoms with E-state index in [0.29, 0.717) is 0 Å². The summed E-state index contributed by atoms with van der Waals surface area (Å²) in [4.78, 5) is 27.5. The number of benzene rings is 1. The summed E-state index contributed by atoms with van der Waals surface area (Å²) in [5, 5.41) is 14.8. The van der Waals surface area contributed by atoms with E-state index in [1.54, 1.807) is 0 Å². The van der Waals surface area contributed by atoms with E-state index in [0.717, 1.165) is 26.9 Å². The first-order valence-corrected chi connectivity index (χ1v) is 8.52. The molecule has 2 aromatic heterocycles. The number of rotatable bonds is 6. The van der Waals surface area contributed by atoms with Gasteiger partial charge >= 0.3 is 5.97 Å². The summed E-state index contributed by atoms with van der Waals surface area (Å²) in [6.45, 7) is 2.02. The number of carboxylic acids is 1. The molecule has 0 fully saturated rings. The number of hydrogen-bond acceptors (Lipinski definition) is 3. The van der Waals surface area contributed by atoms with Crippen molar-refractivity contribution >= 4 is 34.1 Å². The standard InChI is InChI=1S/C18H18N2O3S/c1-11-4-2-5-13-12(10-19-18(11)13)8-16(21)20-14(9-17(22)23)15-6-3-7-24-15/h2-7,10,14,19H,8-9H2,1H3,(H,20,21)(H,22,23)/t14-/m1/s1. The molecule has 0 spiro atoms. The monoisotopic (exact) mass is 342 g/mol. The normalized spacial score (nSPS) is 12.2. The van der Waals surface area contributed by atoms with E-state index in [1.807, 2.05) is 48.8 Å². The average molecular weight is 342 g/mol. The van der Waals surface area contributed by atoms with Crippen LogP contribution in [0.3, 0.4) is 0 Å². The number of carbonyl (C=O) groups excluding carboxylic acids is 1. The van der Waals surface area contributed by atoms with Gasteiger partial charge in [0.15, 0.2) is 0 Å². The Morgan fingerprint density at radius 1 is 1.29 bits per heavy atom. The van der Waals surface area contributed by atoms with Crippen molar-refractivity contribution in [3.63, 3.8) is 0 Å². The average Bonchev–Trinajstić information content (AvgIpc) is 3.17. The Labute approximate surface area is 143 Å². The highest BCUT2D eigenvalue weighted by Gasteiger charge is 2.19. The van der Waals surface area contributed by atoms with Crippen molar-refractivity contribution in [2.75, 3.05) is 0 Å². The molecule has 0 aliphatic carbocycles. The van der Waals surface area contributed by atoms with Gasteiger partial charge in [0.1, 0.15) is 0 Å². The van der Waals surface area contributed by atoms with Crippen LogP contribution in [0.25, 0.3) is 10.9 Å². The van der Waals surface area contributed by atoms with Gasteiger partial charge in [0.05, 0.1) is 18.9 Å². The van der Waals surface area contributed by atoms with Crippen LogP contribution in [0.1, 0.15) is 28.5 Å². The molecule has 0 bridgehead atoms. The Balaban J connectivity index is 1.75. The maximum Gasteiger partial charge on any atom is 0.305 e. The fourth-order valence-corrected chi connectivity index (χ4v) is 3.59. The third-order valence-corrected chi connectivity index (χ3v) is 4.95. The number of aromatic amines is 1. The van der Waals surface area contributed by atoms with Crippen LogP contribution in [0, 0.1) is 6.92 Å². The van der Waals surface area contributed by atoms with E-state index in [-0.39, 0.29) is 18.7 Å². The summed E-state index contributed by atoms with van der Waals surface area (Å²) < 4.78 is 0. The molecule has 5 nitrogen and oxygen atoms in total. The van der Waals surface area contributed by atoms with Crippen molar-refractivity contribution in [3.05, 3.63) is 57.9 Å².